The zero-order valence-corrected chi connectivity index (χ0v) is 9.74. The minimum Gasteiger partial charge on any atom is -0.481 e. The van der Waals surface area contributed by atoms with E-state index in [4.69, 9.17) is 9.84 Å². The third kappa shape index (κ3) is 5.17. The standard InChI is InChI=1S/C12H22O3/c1-9(2)15-8-11-5-3-10(4-6-11)7-12(13)14/h9-11H,3-8H2,1-2H3,(H,13,14). The summed E-state index contributed by atoms with van der Waals surface area (Å²) in [6.07, 6.45) is 5.02. The number of aliphatic carboxylic acids is 1. The van der Waals surface area contributed by atoms with Gasteiger partial charge in [-0.3, -0.25) is 4.79 Å². The van der Waals surface area contributed by atoms with Gasteiger partial charge in [-0.15, -0.1) is 0 Å². The predicted octanol–water partition coefficient (Wildman–Crippen LogP) is 2.69. The fraction of sp³-hybridized carbons (Fsp3) is 0.917. The summed E-state index contributed by atoms with van der Waals surface area (Å²) in [4.78, 5) is 10.5. The number of hydrogen-bond donors (Lipinski definition) is 1. The molecule has 0 aromatic carbocycles. The second kappa shape index (κ2) is 6.11. The topological polar surface area (TPSA) is 46.5 Å². The van der Waals surface area contributed by atoms with Gasteiger partial charge in [0.25, 0.3) is 0 Å². The summed E-state index contributed by atoms with van der Waals surface area (Å²) in [5.41, 5.74) is 0. The maximum absolute atomic E-state index is 10.5. The van der Waals surface area contributed by atoms with E-state index in [0.29, 0.717) is 24.4 Å². The van der Waals surface area contributed by atoms with Crippen LogP contribution in [0.2, 0.25) is 0 Å². The first-order valence-corrected chi connectivity index (χ1v) is 5.91. The molecule has 0 unspecified atom stereocenters. The summed E-state index contributed by atoms with van der Waals surface area (Å²) in [5, 5.41) is 8.68. The first kappa shape index (κ1) is 12.5. The zero-order chi connectivity index (χ0) is 11.3. The maximum atomic E-state index is 10.5. The fourth-order valence-electron chi connectivity index (χ4n) is 2.18. The molecule has 0 amide bonds. The minimum atomic E-state index is -0.656. The van der Waals surface area contributed by atoms with Crippen LogP contribution < -0.4 is 0 Å². The van der Waals surface area contributed by atoms with E-state index in [1.807, 2.05) is 0 Å². The second-order valence-electron chi connectivity index (χ2n) is 4.87. The van der Waals surface area contributed by atoms with Crippen LogP contribution in [-0.4, -0.2) is 23.8 Å². The third-order valence-electron chi connectivity index (χ3n) is 3.09. The first-order valence-electron chi connectivity index (χ1n) is 5.91. The van der Waals surface area contributed by atoms with Crippen molar-refractivity contribution in [3.63, 3.8) is 0 Å². The van der Waals surface area contributed by atoms with Crippen molar-refractivity contribution in [1.82, 2.24) is 0 Å². The van der Waals surface area contributed by atoms with Crippen LogP contribution in [0, 0.1) is 11.8 Å². The van der Waals surface area contributed by atoms with E-state index in [1.165, 1.54) is 0 Å². The second-order valence-corrected chi connectivity index (χ2v) is 4.87. The highest BCUT2D eigenvalue weighted by molar-refractivity contribution is 5.67. The normalized spacial score (nSPS) is 26.9. The van der Waals surface area contributed by atoms with Gasteiger partial charge in [-0.1, -0.05) is 0 Å². The average Bonchev–Trinajstić information content (AvgIpc) is 2.16. The number of carbonyl (C=O) groups is 1. The first-order chi connectivity index (χ1) is 7.08. The van der Waals surface area contributed by atoms with Crippen molar-refractivity contribution in [3.05, 3.63) is 0 Å². The number of hydrogen-bond acceptors (Lipinski definition) is 2. The number of carboxylic acids is 1. The Kier molecular flexibility index (Phi) is 5.09. The molecule has 1 aliphatic carbocycles. The summed E-state index contributed by atoms with van der Waals surface area (Å²) in [7, 11) is 0. The third-order valence-corrected chi connectivity index (χ3v) is 3.09. The van der Waals surface area contributed by atoms with E-state index in [0.717, 1.165) is 32.3 Å². The molecule has 0 atom stereocenters. The van der Waals surface area contributed by atoms with Crippen LogP contribution in [0.5, 0.6) is 0 Å². The number of rotatable bonds is 5. The molecule has 0 aliphatic heterocycles. The smallest absolute Gasteiger partial charge is 0.303 e. The molecule has 0 heterocycles. The number of carboxylic acid groups (broad SMARTS) is 1. The lowest BCUT2D eigenvalue weighted by Crippen LogP contribution is -2.21. The average molecular weight is 214 g/mol. The molecule has 0 radical (unpaired) electrons. The van der Waals surface area contributed by atoms with Crippen molar-refractivity contribution < 1.29 is 14.6 Å². The molecule has 1 saturated carbocycles. The van der Waals surface area contributed by atoms with Crippen LogP contribution in [0.3, 0.4) is 0 Å². The van der Waals surface area contributed by atoms with Crippen molar-refractivity contribution in [2.75, 3.05) is 6.61 Å². The van der Waals surface area contributed by atoms with Gasteiger partial charge in [0.15, 0.2) is 0 Å². The van der Waals surface area contributed by atoms with Crippen molar-refractivity contribution in [3.8, 4) is 0 Å². The van der Waals surface area contributed by atoms with Crippen LogP contribution in [-0.2, 0) is 9.53 Å². The van der Waals surface area contributed by atoms with Gasteiger partial charge in [0.05, 0.1) is 6.10 Å². The van der Waals surface area contributed by atoms with E-state index in [-0.39, 0.29) is 0 Å². The Morgan fingerprint density at radius 1 is 1.27 bits per heavy atom. The minimum absolute atomic E-state index is 0.307. The molecule has 3 heteroatoms. The van der Waals surface area contributed by atoms with E-state index >= 15 is 0 Å². The highest BCUT2D eigenvalue weighted by Crippen LogP contribution is 2.30. The van der Waals surface area contributed by atoms with Crippen LogP contribution in [0.15, 0.2) is 0 Å². The quantitative estimate of drug-likeness (QED) is 0.765. The van der Waals surface area contributed by atoms with Crippen molar-refractivity contribution >= 4 is 5.97 Å². The molecule has 3 nitrogen and oxygen atoms in total. The van der Waals surface area contributed by atoms with Gasteiger partial charge in [-0.05, 0) is 51.4 Å². The molecule has 1 fully saturated rings. The monoisotopic (exact) mass is 214 g/mol. The molecule has 1 aliphatic rings. The molecule has 0 saturated heterocycles. The Labute approximate surface area is 91.8 Å². The van der Waals surface area contributed by atoms with Crippen LogP contribution >= 0.6 is 0 Å². The summed E-state index contributed by atoms with van der Waals surface area (Å²) < 4.78 is 5.58. The molecule has 15 heavy (non-hydrogen) atoms. The van der Waals surface area contributed by atoms with Gasteiger partial charge in [0.1, 0.15) is 0 Å². The van der Waals surface area contributed by atoms with Gasteiger partial charge >= 0.3 is 5.97 Å². The number of ether oxygens (including phenoxy) is 1. The highest BCUT2D eigenvalue weighted by Gasteiger charge is 2.23. The maximum Gasteiger partial charge on any atom is 0.303 e. The fourth-order valence-corrected chi connectivity index (χ4v) is 2.18. The van der Waals surface area contributed by atoms with Crippen molar-refractivity contribution in [2.45, 2.75) is 52.1 Å². The van der Waals surface area contributed by atoms with Crippen LogP contribution in [0.4, 0.5) is 0 Å². The Morgan fingerprint density at radius 3 is 2.27 bits per heavy atom. The Balaban J connectivity index is 2.15. The van der Waals surface area contributed by atoms with Crippen molar-refractivity contribution in [1.29, 1.82) is 0 Å². The molecular formula is C12H22O3. The van der Waals surface area contributed by atoms with Gasteiger partial charge in [-0.2, -0.15) is 0 Å². The Hall–Kier alpha value is -0.570. The summed E-state index contributed by atoms with van der Waals surface area (Å²) >= 11 is 0. The lowest BCUT2D eigenvalue weighted by Gasteiger charge is -2.27. The highest BCUT2D eigenvalue weighted by atomic mass is 16.5. The molecule has 1 rings (SSSR count). The van der Waals surface area contributed by atoms with Gasteiger partial charge < -0.3 is 9.84 Å². The molecule has 0 aromatic heterocycles. The predicted molar refractivity (Wildman–Crippen MR) is 58.8 cm³/mol. The van der Waals surface area contributed by atoms with Gasteiger partial charge in [0.2, 0.25) is 0 Å². The van der Waals surface area contributed by atoms with E-state index in [1.54, 1.807) is 0 Å². The molecule has 0 spiro atoms. The molecule has 0 bridgehead atoms. The van der Waals surface area contributed by atoms with Gasteiger partial charge in [0, 0.05) is 13.0 Å². The van der Waals surface area contributed by atoms with Crippen molar-refractivity contribution in [2.24, 2.45) is 11.8 Å². The van der Waals surface area contributed by atoms with E-state index in [9.17, 15) is 4.79 Å². The summed E-state index contributed by atoms with van der Waals surface area (Å²) in [6, 6.07) is 0. The molecule has 1 N–H and O–H groups in total. The molecular weight excluding hydrogens is 192 g/mol. The van der Waals surface area contributed by atoms with E-state index in [2.05, 4.69) is 13.8 Å². The van der Waals surface area contributed by atoms with Crippen LogP contribution in [0.1, 0.15) is 46.0 Å². The Morgan fingerprint density at radius 2 is 1.80 bits per heavy atom. The van der Waals surface area contributed by atoms with Gasteiger partial charge in [-0.25, -0.2) is 0 Å². The molecule has 0 aromatic rings. The molecule has 88 valence electrons. The SMILES string of the molecule is CC(C)OCC1CCC(CC(=O)O)CC1. The summed E-state index contributed by atoms with van der Waals surface area (Å²) in [5.74, 6) is 0.395. The lowest BCUT2D eigenvalue weighted by atomic mass is 9.81. The van der Waals surface area contributed by atoms with E-state index < -0.39 is 5.97 Å². The summed E-state index contributed by atoms with van der Waals surface area (Å²) in [6.45, 7) is 4.95. The van der Waals surface area contributed by atoms with Crippen LogP contribution in [0.25, 0.3) is 0 Å². The zero-order valence-electron chi connectivity index (χ0n) is 9.74. The lowest BCUT2D eigenvalue weighted by molar-refractivity contribution is -0.138. The largest absolute Gasteiger partial charge is 0.481 e. The Bertz CT molecular complexity index is 193.